The molecule has 2 fully saturated rings. The number of hydrogen-bond acceptors (Lipinski definition) is 1. The maximum atomic E-state index is 2.89. The van der Waals surface area contributed by atoms with Crippen LogP contribution in [0.1, 0.15) is 111 Å². The highest BCUT2D eigenvalue weighted by molar-refractivity contribution is 6.78. The Bertz CT molecular complexity index is 2980. The van der Waals surface area contributed by atoms with Crippen molar-refractivity contribution in [3.63, 3.8) is 0 Å². The minimum atomic E-state index is -0.178. The van der Waals surface area contributed by atoms with E-state index in [9.17, 15) is 0 Å². The van der Waals surface area contributed by atoms with Crippen molar-refractivity contribution >= 4 is 12.4 Å². The van der Waals surface area contributed by atoms with Gasteiger partial charge in [0.15, 0.2) is 0 Å². The van der Waals surface area contributed by atoms with Gasteiger partial charge in [-0.25, -0.2) is 0 Å². The Balaban J connectivity index is 1.05. The van der Waals surface area contributed by atoms with Crippen molar-refractivity contribution in [2.24, 2.45) is 58.2 Å². The number of nitrogens with zero attached hydrogens (tertiary/aromatic N) is 1. The number of benzene rings is 3. The van der Waals surface area contributed by atoms with Gasteiger partial charge in [0.2, 0.25) is 6.71 Å². The molecule has 0 N–H and O–H groups in total. The van der Waals surface area contributed by atoms with E-state index in [4.69, 9.17) is 0 Å². The number of anilines is 1. The van der Waals surface area contributed by atoms with E-state index in [0.29, 0.717) is 59.9 Å². The Morgan fingerprint density at radius 3 is 2.20 bits per heavy atom. The molecule has 11 unspecified atom stereocenters. The van der Waals surface area contributed by atoms with Crippen LogP contribution in [-0.4, -0.2) is 6.71 Å². The van der Waals surface area contributed by atoms with Crippen LogP contribution >= 0.6 is 0 Å². The van der Waals surface area contributed by atoms with E-state index in [1.165, 1.54) is 52.2 Å². The second kappa shape index (κ2) is 15.6. The van der Waals surface area contributed by atoms with Gasteiger partial charge in [-0.2, -0.15) is 0 Å². The van der Waals surface area contributed by atoms with Crippen molar-refractivity contribution < 1.29 is 0 Å². The molecule has 2 heteroatoms. The van der Waals surface area contributed by atoms with E-state index in [2.05, 4.69) is 224 Å². The normalized spacial score (nSPS) is 34.2. The van der Waals surface area contributed by atoms with Gasteiger partial charge in [0.1, 0.15) is 0 Å². The zero-order valence-corrected chi connectivity index (χ0v) is 42.6. The van der Waals surface area contributed by atoms with Gasteiger partial charge in [-0.15, -0.1) is 0 Å². The number of hydrogen-bond donors (Lipinski definition) is 0. The highest BCUT2D eigenvalue weighted by atomic mass is 15.2. The molecule has 6 bridgehead atoms. The number of rotatable bonds is 5. The zero-order chi connectivity index (χ0) is 47.2. The standard InChI is InChI=1S/C67H72BN/c1-42-35-56-61-53-33-29-47(64(2,3)4)38-54(53)55-39-51-41-58(62(55)61)68-57-40-50(67(8,45-23-16-11-17-24-45)49-26-18-25-48(37-49)65(51,5)6)30-34-59(57)69(60(36-42)63(56)68)52-31-27-46(28-32-52)66(7,43-19-12-9-13-20-43)44-21-14-10-15-22-44/h9-17,19-21,23-24,26-29,31-34,36-37,39-41,44,47,50,53-54,56,58,61-62H,18,22,25,30,35,38H2,1-8H3. The van der Waals surface area contributed by atoms with E-state index in [1.54, 1.807) is 27.7 Å². The van der Waals surface area contributed by atoms with Gasteiger partial charge in [0, 0.05) is 33.3 Å². The number of fused-ring (bicyclic) bond motifs is 6. The summed E-state index contributed by atoms with van der Waals surface area (Å²) >= 11 is 0. The third-order valence-corrected chi connectivity index (χ3v) is 20.5. The lowest BCUT2D eigenvalue weighted by Gasteiger charge is -2.56. The Hall–Kier alpha value is -5.34. The molecular weight excluding hydrogens is 830 g/mol. The predicted molar refractivity (Wildman–Crippen MR) is 291 cm³/mol. The van der Waals surface area contributed by atoms with E-state index >= 15 is 0 Å². The quantitative estimate of drug-likeness (QED) is 0.182. The fourth-order valence-electron chi connectivity index (χ4n) is 16.5. The molecule has 3 heterocycles. The lowest BCUT2D eigenvalue weighted by molar-refractivity contribution is 0.190. The minimum Gasteiger partial charge on any atom is -0.312 e. The molecule has 348 valence electrons. The summed E-state index contributed by atoms with van der Waals surface area (Å²) in [4.78, 5) is 2.77. The Morgan fingerprint density at radius 2 is 1.46 bits per heavy atom. The van der Waals surface area contributed by atoms with Crippen LogP contribution in [0.15, 0.2) is 214 Å². The number of allylic oxidation sites excluding steroid dienone is 20. The lowest BCUT2D eigenvalue weighted by Crippen LogP contribution is -2.53. The average Bonchev–Trinajstić information content (AvgIpc) is 3.71. The molecule has 0 amide bonds. The first kappa shape index (κ1) is 43.7. The van der Waals surface area contributed by atoms with Crippen LogP contribution in [-0.2, 0) is 10.8 Å². The topological polar surface area (TPSA) is 3.24 Å². The molecule has 0 radical (unpaired) electrons. The highest BCUT2D eigenvalue weighted by Crippen LogP contribution is 2.70. The molecule has 3 aromatic rings. The predicted octanol–water partition coefficient (Wildman–Crippen LogP) is 16.6. The summed E-state index contributed by atoms with van der Waals surface area (Å²) < 4.78 is 0. The summed E-state index contributed by atoms with van der Waals surface area (Å²) in [7, 11) is 0. The molecule has 69 heavy (non-hydrogen) atoms. The molecule has 1 saturated carbocycles. The molecule has 10 aliphatic rings. The molecule has 0 spiro atoms. The molecule has 11 atom stereocenters. The summed E-state index contributed by atoms with van der Waals surface area (Å²) in [6, 6.07) is 32.9. The summed E-state index contributed by atoms with van der Waals surface area (Å²) in [5, 5.41) is 0. The van der Waals surface area contributed by atoms with E-state index in [1.807, 2.05) is 5.57 Å². The van der Waals surface area contributed by atoms with Crippen LogP contribution in [0, 0.1) is 58.2 Å². The van der Waals surface area contributed by atoms with Crippen LogP contribution in [0.3, 0.4) is 0 Å². The SMILES string of the molecule is CC1=CC2=C3B4C5=CC(CC=C5N2c2ccc(C(C)(c5ccccc5)C5C=CC=CC5)cc2)C(C)(c2ccccc2)C2=CCCC(=C2)C(C)(C)C2=CC4C4C(=C2)C2CC(C(C)(C)C)C=CC2C4C3C1. The van der Waals surface area contributed by atoms with Crippen molar-refractivity contribution in [3.8, 4) is 0 Å². The van der Waals surface area contributed by atoms with Gasteiger partial charge in [0.25, 0.3) is 0 Å². The Morgan fingerprint density at radius 1 is 0.710 bits per heavy atom. The first-order chi connectivity index (χ1) is 33.3. The highest BCUT2D eigenvalue weighted by Gasteiger charge is 2.63. The van der Waals surface area contributed by atoms with Crippen molar-refractivity contribution in [2.75, 3.05) is 4.90 Å². The van der Waals surface area contributed by atoms with Gasteiger partial charge in [0.05, 0.1) is 0 Å². The van der Waals surface area contributed by atoms with E-state index in [0.717, 1.165) is 25.7 Å². The maximum absolute atomic E-state index is 2.89. The van der Waals surface area contributed by atoms with Gasteiger partial charge in [-0.05, 0) is 150 Å². The third-order valence-electron chi connectivity index (χ3n) is 20.5. The molecule has 0 aromatic heterocycles. The van der Waals surface area contributed by atoms with Crippen molar-refractivity contribution in [2.45, 2.75) is 111 Å². The molecule has 7 aliphatic carbocycles. The monoisotopic (exact) mass is 902 g/mol. The molecular formula is C67H72BN. The summed E-state index contributed by atoms with van der Waals surface area (Å²) in [6.07, 6.45) is 40.7. The second-order valence-electron chi connectivity index (χ2n) is 25.1. The smallest absolute Gasteiger partial charge is 0.217 e. The fourth-order valence-corrected chi connectivity index (χ4v) is 16.5. The van der Waals surface area contributed by atoms with Gasteiger partial charge < -0.3 is 4.90 Å². The molecule has 13 rings (SSSR count). The first-order valence-corrected chi connectivity index (χ1v) is 27.0. The van der Waals surface area contributed by atoms with Crippen LogP contribution < -0.4 is 4.90 Å². The summed E-state index contributed by atoms with van der Waals surface area (Å²) in [6.45, 7) is 20.5. The molecule has 3 aromatic carbocycles. The third kappa shape index (κ3) is 6.34. The molecule has 1 saturated heterocycles. The zero-order valence-electron chi connectivity index (χ0n) is 42.6. The second-order valence-corrected chi connectivity index (χ2v) is 25.1. The van der Waals surface area contributed by atoms with Gasteiger partial charge >= 0.3 is 0 Å². The minimum absolute atomic E-state index is 0.0739. The van der Waals surface area contributed by atoms with Gasteiger partial charge in [-0.3, -0.25) is 0 Å². The Kier molecular flexibility index (Phi) is 9.86. The van der Waals surface area contributed by atoms with Crippen LogP contribution in [0.5, 0.6) is 0 Å². The Labute approximate surface area is 414 Å². The fraction of sp³-hybridized carbons (Fsp3) is 0.403. The van der Waals surface area contributed by atoms with Gasteiger partial charge in [-0.1, -0.05) is 222 Å². The van der Waals surface area contributed by atoms with E-state index < -0.39 is 0 Å². The van der Waals surface area contributed by atoms with Crippen LogP contribution in [0.25, 0.3) is 0 Å². The average molecular weight is 902 g/mol. The van der Waals surface area contributed by atoms with Crippen LogP contribution in [0.2, 0.25) is 5.82 Å². The molecule has 3 aliphatic heterocycles. The summed E-state index contributed by atoms with van der Waals surface area (Å²) in [5.41, 5.74) is 19.6. The lowest BCUT2D eigenvalue weighted by atomic mass is 9.22. The maximum Gasteiger partial charge on any atom is 0.217 e. The summed E-state index contributed by atoms with van der Waals surface area (Å²) in [5.74, 6) is 4.53. The first-order valence-electron chi connectivity index (χ1n) is 27.0. The largest absolute Gasteiger partial charge is 0.312 e. The van der Waals surface area contributed by atoms with Crippen molar-refractivity contribution in [1.29, 1.82) is 0 Å². The van der Waals surface area contributed by atoms with Crippen molar-refractivity contribution in [3.05, 3.63) is 231 Å². The molecule has 1 nitrogen and oxygen atoms in total. The van der Waals surface area contributed by atoms with Crippen molar-refractivity contribution in [1.82, 2.24) is 0 Å². The van der Waals surface area contributed by atoms with E-state index in [-0.39, 0.29) is 21.7 Å². The van der Waals surface area contributed by atoms with Crippen LogP contribution in [0.4, 0.5) is 5.69 Å².